The Bertz CT molecular complexity index is 170. The van der Waals surface area contributed by atoms with Gasteiger partial charge in [-0.05, 0) is 20.5 Å². The van der Waals surface area contributed by atoms with E-state index in [1.165, 1.54) is 0 Å². The van der Waals surface area contributed by atoms with Crippen molar-refractivity contribution in [2.24, 2.45) is 5.73 Å². The van der Waals surface area contributed by atoms with Crippen LogP contribution in [-0.2, 0) is 0 Å². The van der Waals surface area contributed by atoms with Crippen LogP contribution >= 0.6 is 0 Å². The fourth-order valence-electron chi connectivity index (χ4n) is 1.77. The molecule has 0 radical (unpaired) electrons. The first-order valence-electron chi connectivity index (χ1n) is 4.90. The summed E-state index contributed by atoms with van der Waals surface area (Å²) in [5.74, 6) is 0. The molecule has 13 heavy (non-hydrogen) atoms. The molecule has 0 amide bonds. The van der Waals surface area contributed by atoms with E-state index in [1.54, 1.807) is 0 Å². The van der Waals surface area contributed by atoms with Gasteiger partial charge in [0, 0.05) is 31.7 Å². The molecular formula is C10H21N3. The van der Waals surface area contributed by atoms with Crippen molar-refractivity contribution in [1.29, 1.82) is 0 Å². The molecule has 1 heterocycles. The maximum absolute atomic E-state index is 5.85. The van der Waals surface area contributed by atoms with E-state index in [1.807, 2.05) is 6.08 Å². The molecule has 3 heteroatoms. The summed E-state index contributed by atoms with van der Waals surface area (Å²) in [5.41, 5.74) is 5.85. The lowest BCUT2D eigenvalue weighted by atomic mass is 10.0. The van der Waals surface area contributed by atoms with Crippen LogP contribution in [0.2, 0.25) is 0 Å². The molecule has 1 aliphatic rings. The lowest BCUT2D eigenvalue weighted by Gasteiger charge is -2.38. The molecule has 0 spiro atoms. The molecule has 0 bridgehead atoms. The molecule has 1 fully saturated rings. The first-order valence-corrected chi connectivity index (χ1v) is 4.90. The third-order valence-electron chi connectivity index (χ3n) is 2.83. The first kappa shape index (κ1) is 10.7. The Morgan fingerprint density at radius 2 is 2.23 bits per heavy atom. The highest BCUT2D eigenvalue weighted by molar-refractivity contribution is 4.89. The summed E-state index contributed by atoms with van der Waals surface area (Å²) < 4.78 is 0. The Morgan fingerprint density at radius 1 is 1.54 bits per heavy atom. The summed E-state index contributed by atoms with van der Waals surface area (Å²) >= 11 is 0. The topological polar surface area (TPSA) is 32.5 Å². The van der Waals surface area contributed by atoms with E-state index in [0.717, 1.165) is 26.1 Å². The van der Waals surface area contributed by atoms with Gasteiger partial charge in [0.1, 0.15) is 0 Å². The Hall–Kier alpha value is -0.380. The molecular weight excluding hydrogens is 162 g/mol. The zero-order valence-electron chi connectivity index (χ0n) is 8.74. The average molecular weight is 183 g/mol. The quantitative estimate of drug-likeness (QED) is 0.632. The third-order valence-corrected chi connectivity index (χ3v) is 2.83. The predicted molar refractivity (Wildman–Crippen MR) is 56.7 cm³/mol. The molecule has 1 saturated heterocycles. The molecule has 1 aliphatic heterocycles. The molecule has 0 aromatic heterocycles. The standard InChI is InChI=1S/C10H21N3/c1-4-9(11)7-10-8-12(2)5-6-13(10)3/h4,9-10H,1,5-8,11H2,2-3H3. The van der Waals surface area contributed by atoms with Crippen LogP contribution in [-0.4, -0.2) is 55.6 Å². The Balaban J connectivity index is 2.41. The number of nitrogens with two attached hydrogens (primary N) is 1. The van der Waals surface area contributed by atoms with Crippen molar-refractivity contribution in [1.82, 2.24) is 9.80 Å². The van der Waals surface area contributed by atoms with Crippen LogP contribution in [0, 0.1) is 0 Å². The summed E-state index contributed by atoms with van der Waals surface area (Å²) in [6.07, 6.45) is 2.85. The average Bonchev–Trinajstić information content (AvgIpc) is 2.11. The normalized spacial score (nSPS) is 28.7. The van der Waals surface area contributed by atoms with E-state index in [-0.39, 0.29) is 6.04 Å². The van der Waals surface area contributed by atoms with Gasteiger partial charge in [-0.2, -0.15) is 0 Å². The Labute approximate surface area is 81.2 Å². The van der Waals surface area contributed by atoms with Crippen LogP contribution in [0.4, 0.5) is 0 Å². The molecule has 2 N–H and O–H groups in total. The van der Waals surface area contributed by atoms with Gasteiger partial charge >= 0.3 is 0 Å². The lowest BCUT2D eigenvalue weighted by Crippen LogP contribution is -2.51. The first-order chi connectivity index (χ1) is 6.13. The summed E-state index contributed by atoms with van der Waals surface area (Å²) in [5, 5.41) is 0. The summed E-state index contributed by atoms with van der Waals surface area (Å²) in [6, 6.07) is 0.727. The molecule has 0 saturated carbocycles. The van der Waals surface area contributed by atoms with Crippen LogP contribution in [0.3, 0.4) is 0 Å². The zero-order valence-corrected chi connectivity index (χ0v) is 8.74. The minimum Gasteiger partial charge on any atom is -0.324 e. The van der Waals surface area contributed by atoms with Crippen molar-refractivity contribution in [2.75, 3.05) is 33.7 Å². The molecule has 2 unspecified atom stereocenters. The maximum Gasteiger partial charge on any atom is 0.0238 e. The van der Waals surface area contributed by atoms with Crippen LogP contribution < -0.4 is 5.73 Å². The van der Waals surface area contributed by atoms with Crippen LogP contribution in [0.5, 0.6) is 0 Å². The van der Waals surface area contributed by atoms with Crippen molar-refractivity contribution in [2.45, 2.75) is 18.5 Å². The van der Waals surface area contributed by atoms with E-state index in [0.29, 0.717) is 6.04 Å². The Kier molecular flexibility index (Phi) is 3.90. The Morgan fingerprint density at radius 3 is 2.85 bits per heavy atom. The number of nitrogens with zero attached hydrogens (tertiary/aromatic N) is 2. The SMILES string of the molecule is C=CC(N)CC1CN(C)CCN1C. The molecule has 0 aliphatic carbocycles. The van der Waals surface area contributed by atoms with Gasteiger partial charge in [0.25, 0.3) is 0 Å². The third kappa shape index (κ3) is 3.10. The molecule has 3 nitrogen and oxygen atoms in total. The minimum atomic E-state index is 0.138. The van der Waals surface area contributed by atoms with E-state index >= 15 is 0 Å². The van der Waals surface area contributed by atoms with E-state index in [2.05, 4.69) is 30.5 Å². The van der Waals surface area contributed by atoms with E-state index in [4.69, 9.17) is 5.73 Å². The van der Waals surface area contributed by atoms with Crippen LogP contribution in [0.15, 0.2) is 12.7 Å². The smallest absolute Gasteiger partial charge is 0.0238 e. The second-order valence-corrected chi connectivity index (χ2v) is 4.03. The highest BCUT2D eigenvalue weighted by Crippen LogP contribution is 2.10. The molecule has 0 aromatic carbocycles. The van der Waals surface area contributed by atoms with Crippen molar-refractivity contribution in [3.63, 3.8) is 0 Å². The van der Waals surface area contributed by atoms with Gasteiger partial charge in [0.05, 0.1) is 0 Å². The molecule has 76 valence electrons. The zero-order chi connectivity index (χ0) is 9.84. The second kappa shape index (κ2) is 4.74. The molecule has 2 atom stereocenters. The van der Waals surface area contributed by atoms with Gasteiger partial charge in [-0.1, -0.05) is 6.08 Å². The number of likely N-dealkylation sites (N-methyl/N-ethyl adjacent to an activating group) is 2. The maximum atomic E-state index is 5.85. The highest BCUT2D eigenvalue weighted by atomic mass is 15.3. The minimum absolute atomic E-state index is 0.138. The van der Waals surface area contributed by atoms with Gasteiger partial charge in [-0.15, -0.1) is 6.58 Å². The van der Waals surface area contributed by atoms with Gasteiger partial charge in [0.2, 0.25) is 0 Å². The van der Waals surface area contributed by atoms with Gasteiger partial charge in [-0.25, -0.2) is 0 Å². The molecule has 0 aromatic rings. The van der Waals surface area contributed by atoms with Gasteiger partial charge in [0.15, 0.2) is 0 Å². The number of hydrogen-bond acceptors (Lipinski definition) is 3. The van der Waals surface area contributed by atoms with Crippen LogP contribution in [0.1, 0.15) is 6.42 Å². The monoisotopic (exact) mass is 183 g/mol. The van der Waals surface area contributed by atoms with Crippen molar-refractivity contribution in [3.05, 3.63) is 12.7 Å². The summed E-state index contributed by atoms with van der Waals surface area (Å²) in [6.45, 7) is 7.14. The predicted octanol–water partition coefficient (Wildman–Crippen LogP) is 0.136. The fourth-order valence-corrected chi connectivity index (χ4v) is 1.77. The summed E-state index contributed by atoms with van der Waals surface area (Å²) in [7, 11) is 4.34. The largest absolute Gasteiger partial charge is 0.324 e. The van der Waals surface area contributed by atoms with E-state index in [9.17, 15) is 0 Å². The van der Waals surface area contributed by atoms with Crippen LogP contribution in [0.25, 0.3) is 0 Å². The second-order valence-electron chi connectivity index (χ2n) is 4.03. The lowest BCUT2D eigenvalue weighted by molar-refractivity contribution is 0.107. The number of rotatable bonds is 3. The summed E-state index contributed by atoms with van der Waals surface area (Å²) in [4.78, 5) is 4.75. The molecule has 1 rings (SSSR count). The van der Waals surface area contributed by atoms with Crippen molar-refractivity contribution in [3.8, 4) is 0 Å². The van der Waals surface area contributed by atoms with E-state index < -0.39 is 0 Å². The van der Waals surface area contributed by atoms with Crippen molar-refractivity contribution < 1.29 is 0 Å². The fraction of sp³-hybridized carbons (Fsp3) is 0.800. The number of hydrogen-bond donors (Lipinski definition) is 1. The van der Waals surface area contributed by atoms with Gasteiger partial charge < -0.3 is 15.5 Å². The van der Waals surface area contributed by atoms with Crippen molar-refractivity contribution >= 4 is 0 Å². The highest BCUT2D eigenvalue weighted by Gasteiger charge is 2.22. The number of piperazine rings is 1. The van der Waals surface area contributed by atoms with Gasteiger partial charge in [-0.3, -0.25) is 0 Å².